The second kappa shape index (κ2) is 5.48. The molecule has 21 heavy (non-hydrogen) atoms. The summed E-state index contributed by atoms with van der Waals surface area (Å²) in [4.78, 5) is 16.5. The van der Waals surface area contributed by atoms with Crippen LogP contribution in [0.2, 0.25) is 0 Å². The van der Waals surface area contributed by atoms with Crippen molar-refractivity contribution in [2.75, 3.05) is 29.9 Å². The molecule has 0 bridgehead atoms. The van der Waals surface area contributed by atoms with Crippen molar-refractivity contribution in [3.05, 3.63) is 58.3 Å². The van der Waals surface area contributed by atoms with Gasteiger partial charge in [-0.15, -0.1) is 0 Å². The Morgan fingerprint density at radius 3 is 2.52 bits per heavy atom. The molecule has 0 fully saturated rings. The third-order valence-corrected chi connectivity index (χ3v) is 4.33. The largest absolute Gasteiger partial charge is 0.371 e. The Bertz CT molecular complexity index is 684. The quantitative estimate of drug-likeness (QED) is 0.784. The van der Waals surface area contributed by atoms with Gasteiger partial charge in [-0.05, 0) is 40.2 Å². The van der Waals surface area contributed by atoms with Crippen molar-refractivity contribution in [3.8, 4) is 0 Å². The highest BCUT2D eigenvalue weighted by Crippen LogP contribution is 2.34. The SMILES string of the molecule is CN1CCN(C(=O)c2c(F)cccc2Br)c2ccccc21. The van der Waals surface area contributed by atoms with Gasteiger partial charge in [0.2, 0.25) is 0 Å². The number of fused-ring (bicyclic) bond motifs is 1. The molecule has 3 rings (SSSR count). The van der Waals surface area contributed by atoms with Crippen LogP contribution in [0, 0.1) is 5.82 Å². The first kappa shape index (κ1) is 14.1. The van der Waals surface area contributed by atoms with Crippen LogP contribution in [0.15, 0.2) is 46.9 Å². The summed E-state index contributed by atoms with van der Waals surface area (Å²) in [5, 5.41) is 0. The van der Waals surface area contributed by atoms with Crippen molar-refractivity contribution in [1.29, 1.82) is 0 Å². The molecule has 1 aliphatic rings. The van der Waals surface area contributed by atoms with E-state index in [2.05, 4.69) is 20.8 Å². The summed E-state index contributed by atoms with van der Waals surface area (Å²) in [6.45, 7) is 1.25. The monoisotopic (exact) mass is 348 g/mol. The molecule has 0 unspecified atom stereocenters. The maximum atomic E-state index is 14.0. The lowest BCUT2D eigenvalue weighted by Gasteiger charge is -2.35. The van der Waals surface area contributed by atoms with Crippen LogP contribution in [0.5, 0.6) is 0 Å². The van der Waals surface area contributed by atoms with Gasteiger partial charge >= 0.3 is 0 Å². The second-order valence-corrected chi connectivity index (χ2v) is 5.82. The summed E-state index contributed by atoms with van der Waals surface area (Å²) >= 11 is 3.27. The molecule has 0 aromatic heterocycles. The smallest absolute Gasteiger partial charge is 0.262 e. The van der Waals surface area contributed by atoms with Gasteiger partial charge in [0, 0.05) is 24.6 Å². The number of rotatable bonds is 1. The van der Waals surface area contributed by atoms with Crippen LogP contribution in [0.4, 0.5) is 15.8 Å². The van der Waals surface area contributed by atoms with Crippen molar-refractivity contribution in [2.45, 2.75) is 0 Å². The van der Waals surface area contributed by atoms with E-state index in [1.807, 2.05) is 31.3 Å². The van der Waals surface area contributed by atoms with E-state index in [0.29, 0.717) is 11.0 Å². The van der Waals surface area contributed by atoms with E-state index < -0.39 is 5.82 Å². The molecule has 0 N–H and O–H groups in total. The number of halogens is 2. The summed E-state index contributed by atoms with van der Waals surface area (Å²) in [7, 11) is 1.99. The van der Waals surface area contributed by atoms with E-state index in [9.17, 15) is 9.18 Å². The highest BCUT2D eigenvalue weighted by atomic mass is 79.9. The topological polar surface area (TPSA) is 23.6 Å². The van der Waals surface area contributed by atoms with E-state index in [-0.39, 0.29) is 11.5 Å². The molecule has 0 atom stereocenters. The van der Waals surface area contributed by atoms with Gasteiger partial charge in [-0.3, -0.25) is 4.79 Å². The normalized spacial score (nSPS) is 14.0. The third kappa shape index (κ3) is 2.42. The van der Waals surface area contributed by atoms with E-state index >= 15 is 0 Å². The second-order valence-electron chi connectivity index (χ2n) is 4.96. The molecule has 5 heteroatoms. The van der Waals surface area contributed by atoms with Crippen LogP contribution in [-0.2, 0) is 0 Å². The number of carbonyl (C=O) groups is 1. The lowest BCUT2D eigenvalue weighted by atomic mass is 10.1. The molecule has 0 spiro atoms. The summed E-state index contributed by atoms with van der Waals surface area (Å²) in [6, 6.07) is 12.2. The minimum absolute atomic E-state index is 0.0804. The lowest BCUT2D eigenvalue weighted by molar-refractivity contribution is 0.0982. The van der Waals surface area contributed by atoms with E-state index in [1.54, 1.807) is 17.0 Å². The molecule has 2 aromatic carbocycles. The summed E-state index contributed by atoms with van der Waals surface area (Å²) in [5.74, 6) is -0.827. The van der Waals surface area contributed by atoms with Crippen molar-refractivity contribution >= 4 is 33.2 Å². The van der Waals surface area contributed by atoms with Crippen molar-refractivity contribution < 1.29 is 9.18 Å². The number of carbonyl (C=O) groups excluding carboxylic acids is 1. The molecule has 0 radical (unpaired) electrons. The molecule has 3 nitrogen and oxygen atoms in total. The van der Waals surface area contributed by atoms with Gasteiger partial charge in [0.25, 0.3) is 5.91 Å². The fourth-order valence-corrected chi connectivity index (χ4v) is 3.07. The van der Waals surface area contributed by atoms with Crippen molar-refractivity contribution in [3.63, 3.8) is 0 Å². The van der Waals surface area contributed by atoms with Gasteiger partial charge in [0.05, 0.1) is 16.9 Å². The first-order valence-electron chi connectivity index (χ1n) is 6.65. The number of anilines is 2. The Hall–Kier alpha value is -1.88. The zero-order valence-corrected chi connectivity index (χ0v) is 13.1. The number of amides is 1. The Balaban J connectivity index is 2.06. The number of hydrogen-bond acceptors (Lipinski definition) is 2. The number of hydrogen-bond donors (Lipinski definition) is 0. The highest BCUT2D eigenvalue weighted by Gasteiger charge is 2.28. The highest BCUT2D eigenvalue weighted by molar-refractivity contribution is 9.10. The molecule has 1 heterocycles. The zero-order valence-electron chi connectivity index (χ0n) is 11.5. The predicted octanol–water partition coefficient (Wildman–Crippen LogP) is 3.68. The zero-order chi connectivity index (χ0) is 15.0. The maximum Gasteiger partial charge on any atom is 0.262 e. The van der Waals surface area contributed by atoms with Crippen LogP contribution in [-0.4, -0.2) is 26.0 Å². The van der Waals surface area contributed by atoms with E-state index in [0.717, 1.165) is 17.9 Å². The Kier molecular flexibility index (Phi) is 3.68. The van der Waals surface area contributed by atoms with Crippen LogP contribution < -0.4 is 9.80 Å². The fraction of sp³-hybridized carbons (Fsp3) is 0.188. The molecule has 0 aliphatic carbocycles. The van der Waals surface area contributed by atoms with Gasteiger partial charge in [-0.1, -0.05) is 18.2 Å². The number of benzene rings is 2. The first-order chi connectivity index (χ1) is 10.1. The molecule has 108 valence electrons. The number of likely N-dealkylation sites (N-methyl/N-ethyl adjacent to an activating group) is 1. The average molecular weight is 349 g/mol. The Morgan fingerprint density at radius 2 is 1.81 bits per heavy atom. The van der Waals surface area contributed by atoms with Gasteiger partial charge in [0.1, 0.15) is 5.82 Å². The molecule has 0 saturated carbocycles. The molecular formula is C16H14BrFN2O. The van der Waals surface area contributed by atoms with Gasteiger partial charge < -0.3 is 9.80 Å². The summed E-state index contributed by atoms with van der Waals surface area (Å²) in [5.41, 5.74) is 1.87. The minimum atomic E-state index is -0.509. The summed E-state index contributed by atoms with van der Waals surface area (Å²) < 4.78 is 14.5. The van der Waals surface area contributed by atoms with Gasteiger partial charge in [-0.2, -0.15) is 0 Å². The van der Waals surface area contributed by atoms with Gasteiger partial charge in [-0.25, -0.2) is 4.39 Å². The minimum Gasteiger partial charge on any atom is -0.371 e. The van der Waals surface area contributed by atoms with Crippen LogP contribution >= 0.6 is 15.9 Å². The standard InChI is InChI=1S/C16H14BrFN2O/c1-19-9-10-20(14-8-3-2-7-13(14)19)16(21)15-11(17)5-4-6-12(15)18/h2-8H,9-10H2,1H3. The van der Waals surface area contributed by atoms with Crippen LogP contribution in [0.25, 0.3) is 0 Å². The van der Waals surface area contributed by atoms with Gasteiger partial charge in [0.15, 0.2) is 0 Å². The Morgan fingerprint density at radius 1 is 1.10 bits per heavy atom. The summed E-state index contributed by atoms with van der Waals surface area (Å²) in [6.07, 6.45) is 0. The van der Waals surface area contributed by atoms with E-state index in [1.165, 1.54) is 6.07 Å². The average Bonchev–Trinajstić information content (AvgIpc) is 2.47. The molecule has 1 amide bonds. The predicted molar refractivity (Wildman–Crippen MR) is 85.5 cm³/mol. The number of para-hydroxylation sites is 2. The molecule has 2 aromatic rings. The van der Waals surface area contributed by atoms with Crippen molar-refractivity contribution in [1.82, 2.24) is 0 Å². The third-order valence-electron chi connectivity index (χ3n) is 3.66. The molecule has 0 saturated heterocycles. The fourth-order valence-electron chi connectivity index (χ4n) is 2.55. The van der Waals surface area contributed by atoms with Crippen LogP contribution in [0.3, 0.4) is 0 Å². The first-order valence-corrected chi connectivity index (χ1v) is 7.45. The lowest BCUT2D eigenvalue weighted by Crippen LogP contribution is -2.43. The maximum absolute atomic E-state index is 14.0. The van der Waals surface area contributed by atoms with E-state index in [4.69, 9.17) is 0 Å². The molecular weight excluding hydrogens is 335 g/mol. The van der Waals surface area contributed by atoms with Crippen LogP contribution in [0.1, 0.15) is 10.4 Å². The number of nitrogens with zero attached hydrogens (tertiary/aromatic N) is 2. The Labute approximate surface area is 131 Å². The molecule has 1 aliphatic heterocycles. The van der Waals surface area contributed by atoms with Crippen molar-refractivity contribution in [2.24, 2.45) is 0 Å².